The van der Waals surface area contributed by atoms with Crippen LogP contribution in [0.5, 0.6) is 11.5 Å². The SMILES string of the molecule is COCCCNC(=O)[C@H]1c2ccccc2C(=O)N(C)[C@@H]1c1ccc(OC)c(OC)c1. The summed E-state index contributed by atoms with van der Waals surface area (Å²) >= 11 is 0. The molecule has 0 radical (unpaired) electrons. The highest BCUT2D eigenvalue weighted by atomic mass is 16.5. The Morgan fingerprint density at radius 3 is 2.50 bits per heavy atom. The minimum absolute atomic E-state index is 0.117. The molecule has 0 aromatic heterocycles. The zero-order valence-corrected chi connectivity index (χ0v) is 17.8. The molecule has 30 heavy (non-hydrogen) atoms. The van der Waals surface area contributed by atoms with Gasteiger partial charge in [-0.15, -0.1) is 0 Å². The van der Waals surface area contributed by atoms with Crippen LogP contribution in [-0.2, 0) is 9.53 Å². The van der Waals surface area contributed by atoms with E-state index in [2.05, 4.69) is 5.32 Å². The molecule has 2 aromatic carbocycles. The molecule has 0 aliphatic carbocycles. The molecule has 0 spiro atoms. The van der Waals surface area contributed by atoms with Crippen LogP contribution >= 0.6 is 0 Å². The molecule has 0 saturated heterocycles. The van der Waals surface area contributed by atoms with Crippen LogP contribution in [0.25, 0.3) is 0 Å². The number of nitrogens with one attached hydrogen (secondary N) is 1. The lowest BCUT2D eigenvalue weighted by atomic mass is 9.79. The lowest BCUT2D eigenvalue weighted by molar-refractivity contribution is -0.124. The molecule has 0 fully saturated rings. The molecule has 2 amide bonds. The molecule has 1 heterocycles. The van der Waals surface area contributed by atoms with E-state index in [0.29, 0.717) is 36.6 Å². The second-order valence-electron chi connectivity index (χ2n) is 7.18. The van der Waals surface area contributed by atoms with Crippen molar-refractivity contribution in [3.05, 3.63) is 59.2 Å². The van der Waals surface area contributed by atoms with E-state index >= 15 is 0 Å². The number of rotatable bonds is 8. The molecule has 1 aliphatic rings. The van der Waals surface area contributed by atoms with Gasteiger partial charge in [0.05, 0.1) is 26.2 Å². The summed E-state index contributed by atoms with van der Waals surface area (Å²) in [7, 11) is 6.49. The van der Waals surface area contributed by atoms with Crippen molar-refractivity contribution in [2.45, 2.75) is 18.4 Å². The van der Waals surface area contributed by atoms with Crippen molar-refractivity contribution in [2.75, 3.05) is 41.5 Å². The number of carbonyl (C=O) groups is 2. The van der Waals surface area contributed by atoms with Crippen LogP contribution < -0.4 is 14.8 Å². The standard InChI is InChI=1S/C23H28N2O5/c1-25-21(15-10-11-18(29-3)19(14-15)30-4)20(22(26)24-12-7-13-28-2)16-8-5-6-9-17(16)23(25)27/h5-6,8-11,14,20-21H,7,12-13H2,1-4H3,(H,24,26)/t20-,21+/m0/s1. The Labute approximate surface area is 176 Å². The second-order valence-corrected chi connectivity index (χ2v) is 7.18. The van der Waals surface area contributed by atoms with E-state index in [9.17, 15) is 9.59 Å². The Morgan fingerprint density at radius 2 is 1.80 bits per heavy atom. The second kappa shape index (κ2) is 9.63. The van der Waals surface area contributed by atoms with Crippen molar-refractivity contribution >= 4 is 11.8 Å². The van der Waals surface area contributed by atoms with Crippen molar-refractivity contribution in [1.29, 1.82) is 0 Å². The summed E-state index contributed by atoms with van der Waals surface area (Å²) < 4.78 is 15.8. The highest BCUT2D eigenvalue weighted by molar-refractivity contribution is 6.01. The zero-order chi connectivity index (χ0) is 21.7. The van der Waals surface area contributed by atoms with Gasteiger partial charge in [-0.2, -0.15) is 0 Å². The fourth-order valence-corrected chi connectivity index (χ4v) is 3.95. The van der Waals surface area contributed by atoms with E-state index in [4.69, 9.17) is 14.2 Å². The molecule has 0 unspecified atom stereocenters. The van der Waals surface area contributed by atoms with Crippen molar-refractivity contribution in [2.24, 2.45) is 0 Å². The molecule has 0 saturated carbocycles. The summed E-state index contributed by atoms with van der Waals surface area (Å²) in [5.41, 5.74) is 2.08. The van der Waals surface area contributed by atoms with Crippen LogP contribution in [0.1, 0.15) is 39.9 Å². The summed E-state index contributed by atoms with van der Waals surface area (Å²) in [5, 5.41) is 3.00. The van der Waals surface area contributed by atoms with Gasteiger partial charge in [-0.25, -0.2) is 0 Å². The number of likely N-dealkylation sites (N-methyl/N-ethyl adjacent to an activating group) is 1. The smallest absolute Gasteiger partial charge is 0.254 e. The molecule has 3 rings (SSSR count). The maximum Gasteiger partial charge on any atom is 0.254 e. The number of nitrogens with zero attached hydrogens (tertiary/aromatic N) is 1. The third-order valence-corrected chi connectivity index (χ3v) is 5.44. The summed E-state index contributed by atoms with van der Waals surface area (Å²) in [5.74, 6) is 0.344. The van der Waals surface area contributed by atoms with Gasteiger partial charge in [0, 0.05) is 32.9 Å². The minimum Gasteiger partial charge on any atom is -0.493 e. The number of benzene rings is 2. The zero-order valence-electron chi connectivity index (χ0n) is 17.8. The number of ether oxygens (including phenoxy) is 3. The number of amides is 2. The Balaban J connectivity index is 2.04. The number of methoxy groups -OCH3 is 3. The van der Waals surface area contributed by atoms with Gasteiger partial charge < -0.3 is 24.4 Å². The average Bonchev–Trinajstić information content (AvgIpc) is 2.78. The summed E-state index contributed by atoms with van der Waals surface area (Å²) in [6.07, 6.45) is 0.715. The minimum atomic E-state index is -0.551. The van der Waals surface area contributed by atoms with Gasteiger partial charge in [-0.3, -0.25) is 9.59 Å². The Morgan fingerprint density at radius 1 is 1.07 bits per heavy atom. The molecule has 1 aliphatic heterocycles. The fraction of sp³-hybridized carbons (Fsp3) is 0.391. The molecule has 160 valence electrons. The van der Waals surface area contributed by atoms with Crippen LogP contribution in [0.2, 0.25) is 0 Å². The number of hydrogen-bond donors (Lipinski definition) is 1. The van der Waals surface area contributed by atoms with E-state index < -0.39 is 12.0 Å². The summed E-state index contributed by atoms with van der Waals surface area (Å²) in [4.78, 5) is 28.0. The molecule has 7 heteroatoms. The van der Waals surface area contributed by atoms with Gasteiger partial charge >= 0.3 is 0 Å². The van der Waals surface area contributed by atoms with Crippen molar-refractivity contribution in [3.8, 4) is 11.5 Å². The number of hydrogen-bond acceptors (Lipinski definition) is 5. The third-order valence-electron chi connectivity index (χ3n) is 5.44. The van der Waals surface area contributed by atoms with Gasteiger partial charge in [0.15, 0.2) is 11.5 Å². The van der Waals surface area contributed by atoms with Crippen LogP contribution in [0.15, 0.2) is 42.5 Å². The topological polar surface area (TPSA) is 77.1 Å². The molecular weight excluding hydrogens is 384 g/mol. The molecule has 7 nitrogen and oxygen atoms in total. The predicted octanol–water partition coefficient (Wildman–Crippen LogP) is 2.77. The molecular formula is C23H28N2O5. The average molecular weight is 412 g/mol. The molecule has 2 aromatic rings. The summed E-state index contributed by atoms with van der Waals surface area (Å²) in [6.45, 7) is 1.07. The van der Waals surface area contributed by atoms with Crippen LogP contribution in [0.4, 0.5) is 0 Å². The lowest BCUT2D eigenvalue weighted by Gasteiger charge is -2.40. The summed E-state index contributed by atoms with van der Waals surface area (Å²) in [6, 6.07) is 12.3. The van der Waals surface area contributed by atoms with Crippen molar-refractivity contribution in [3.63, 3.8) is 0 Å². The van der Waals surface area contributed by atoms with Crippen LogP contribution in [0.3, 0.4) is 0 Å². The first-order valence-electron chi connectivity index (χ1n) is 9.88. The predicted molar refractivity (Wildman–Crippen MR) is 113 cm³/mol. The van der Waals surface area contributed by atoms with Crippen LogP contribution in [-0.4, -0.2) is 58.2 Å². The first kappa shape index (κ1) is 21.6. The highest BCUT2D eigenvalue weighted by Gasteiger charge is 2.42. The lowest BCUT2D eigenvalue weighted by Crippen LogP contribution is -2.45. The Bertz CT molecular complexity index is 914. The van der Waals surface area contributed by atoms with Crippen molar-refractivity contribution < 1.29 is 23.8 Å². The van der Waals surface area contributed by atoms with Gasteiger partial charge in [-0.05, 0) is 35.7 Å². The van der Waals surface area contributed by atoms with Gasteiger partial charge in [-0.1, -0.05) is 24.3 Å². The quantitative estimate of drug-likeness (QED) is 0.675. The Kier molecular flexibility index (Phi) is 6.95. The van der Waals surface area contributed by atoms with E-state index in [0.717, 1.165) is 11.1 Å². The number of carbonyl (C=O) groups excluding carboxylic acids is 2. The monoisotopic (exact) mass is 412 g/mol. The number of fused-ring (bicyclic) bond motifs is 1. The van der Waals surface area contributed by atoms with Gasteiger partial charge in [0.2, 0.25) is 5.91 Å². The van der Waals surface area contributed by atoms with Gasteiger partial charge in [0.25, 0.3) is 5.91 Å². The maximum absolute atomic E-state index is 13.3. The maximum atomic E-state index is 13.3. The van der Waals surface area contributed by atoms with Gasteiger partial charge in [0.1, 0.15) is 0 Å². The molecule has 2 atom stereocenters. The largest absolute Gasteiger partial charge is 0.493 e. The van der Waals surface area contributed by atoms with E-state index in [-0.39, 0.29) is 11.8 Å². The molecule has 0 bridgehead atoms. The fourth-order valence-electron chi connectivity index (χ4n) is 3.95. The highest BCUT2D eigenvalue weighted by Crippen LogP contribution is 2.43. The van der Waals surface area contributed by atoms with E-state index in [1.807, 2.05) is 30.3 Å². The third kappa shape index (κ3) is 4.11. The van der Waals surface area contributed by atoms with Crippen LogP contribution in [0, 0.1) is 0 Å². The van der Waals surface area contributed by atoms with E-state index in [1.54, 1.807) is 45.4 Å². The van der Waals surface area contributed by atoms with E-state index in [1.165, 1.54) is 0 Å². The molecule has 1 N–H and O–H groups in total. The first-order chi connectivity index (χ1) is 14.5. The Hall–Kier alpha value is -3.06. The normalized spacial score (nSPS) is 18.0. The first-order valence-corrected chi connectivity index (χ1v) is 9.88. The van der Waals surface area contributed by atoms with Crippen molar-refractivity contribution in [1.82, 2.24) is 10.2 Å².